The van der Waals surface area contributed by atoms with Gasteiger partial charge >= 0.3 is 0 Å². The molecule has 7 heteroatoms. The minimum absolute atomic E-state index is 0.111. The Balaban J connectivity index is 2.08. The Kier molecular flexibility index (Phi) is 3.46. The molecule has 3 rings (SSSR count). The Hall–Kier alpha value is -2.60. The summed E-state index contributed by atoms with van der Waals surface area (Å²) >= 11 is 6.03. The molecular weight excluding hydrogens is 306 g/mol. The lowest BCUT2D eigenvalue weighted by Gasteiger charge is -2.11. The van der Waals surface area contributed by atoms with Crippen molar-refractivity contribution in [1.29, 1.82) is 0 Å². The summed E-state index contributed by atoms with van der Waals surface area (Å²) in [6.45, 7) is 0. The van der Waals surface area contributed by atoms with Crippen LogP contribution in [0.5, 0.6) is 0 Å². The van der Waals surface area contributed by atoms with Gasteiger partial charge in [0.25, 0.3) is 5.69 Å². The number of halogens is 1. The molecule has 0 amide bonds. The maximum atomic E-state index is 10.9. The molecule has 22 heavy (non-hydrogen) atoms. The number of non-ortho nitro benzene ring substituents is 1. The highest BCUT2D eigenvalue weighted by Gasteiger charge is 2.16. The topological polar surface area (TPSA) is 72.4 Å². The minimum atomic E-state index is -0.508. The average molecular weight is 318 g/mol. The fraction of sp³-hybridized carbons (Fsp3) is 0.133. The second-order valence-electron chi connectivity index (χ2n) is 4.99. The van der Waals surface area contributed by atoms with Gasteiger partial charge in [0.1, 0.15) is 5.52 Å². The van der Waals surface area contributed by atoms with E-state index in [1.54, 1.807) is 0 Å². The van der Waals surface area contributed by atoms with Crippen molar-refractivity contribution < 1.29 is 9.34 Å². The van der Waals surface area contributed by atoms with E-state index in [4.69, 9.17) is 16.0 Å². The van der Waals surface area contributed by atoms with Crippen molar-refractivity contribution in [3.05, 3.63) is 51.5 Å². The van der Waals surface area contributed by atoms with Crippen molar-refractivity contribution >= 4 is 34.1 Å². The normalized spacial score (nSPS) is 10.9. The van der Waals surface area contributed by atoms with E-state index >= 15 is 0 Å². The van der Waals surface area contributed by atoms with Gasteiger partial charge in [-0.3, -0.25) is 10.1 Å². The van der Waals surface area contributed by atoms with Crippen molar-refractivity contribution in [3.63, 3.8) is 0 Å². The number of rotatable bonds is 3. The second-order valence-corrected chi connectivity index (χ2v) is 5.40. The Morgan fingerprint density at radius 1 is 1.23 bits per heavy atom. The fourth-order valence-electron chi connectivity index (χ4n) is 2.11. The zero-order valence-corrected chi connectivity index (χ0v) is 12.7. The lowest BCUT2D eigenvalue weighted by molar-refractivity contribution is -0.384. The van der Waals surface area contributed by atoms with Crippen LogP contribution in [0.1, 0.15) is 0 Å². The molecule has 0 aliphatic carbocycles. The molecule has 0 saturated heterocycles. The van der Waals surface area contributed by atoms with E-state index in [1.165, 1.54) is 12.1 Å². The van der Waals surface area contributed by atoms with Gasteiger partial charge in [-0.1, -0.05) is 11.6 Å². The quantitative estimate of drug-likeness (QED) is 0.536. The molecular formula is C15H12ClN3O3. The molecule has 3 aromatic rings. The van der Waals surface area contributed by atoms with Crippen LogP contribution >= 0.6 is 11.6 Å². The summed E-state index contributed by atoms with van der Waals surface area (Å²) in [7, 11) is 3.90. The average Bonchev–Trinajstić information content (AvgIpc) is 2.92. The van der Waals surface area contributed by atoms with Gasteiger partial charge in [0.05, 0.1) is 9.95 Å². The molecule has 6 nitrogen and oxygen atoms in total. The summed E-state index contributed by atoms with van der Waals surface area (Å²) in [4.78, 5) is 16.6. The Labute approximate surface area is 131 Å². The summed E-state index contributed by atoms with van der Waals surface area (Å²) < 4.78 is 5.64. The van der Waals surface area contributed by atoms with Crippen LogP contribution in [-0.4, -0.2) is 24.0 Å². The van der Waals surface area contributed by atoms with E-state index in [0.717, 1.165) is 11.3 Å². The van der Waals surface area contributed by atoms with Gasteiger partial charge in [0.2, 0.25) is 5.89 Å². The third kappa shape index (κ3) is 2.48. The van der Waals surface area contributed by atoms with Crippen LogP contribution in [0.15, 0.2) is 40.8 Å². The van der Waals surface area contributed by atoms with Crippen molar-refractivity contribution in [1.82, 2.24) is 4.98 Å². The number of aromatic nitrogens is 1. The predicted molar refractivity (Wildman–Crippen MR) is 85.4 cm³/mol. The lowest BCUT2D eigenvalue weighted by atomic mass is 10.2. The monoisotopic (exact) mass is 317 g/mol. The van der Waals surface area contributed by atoms with Crippen molar-refractivity contribution in [2.24, 2.45) is 0 Å². The molecule has 112 valence electrons. The Morgan fingerprint density at radius 3 is 2.50 bits per heavy atom. The molecule has 0 fully saturated rings. The first-order chi connectivity index (χ1) is 10.5. The number of hydrogen-bond acceptors (Lipinski definition) is 5. The number of nitrogens with zero attached hydrogens (tertiary/aromatic N) is 3. The maximum Gasteiger partial charge on any atom is 0.273 e. The van der Waals surface area contributed by atoms with E-state index in [-0.39, 0.29) is 10.7 Å². The van der Waals surface area contributed by atoms with Crippen LogP contribution in [0, 0.1) is 10.1 Å². The molecule has 1 aromatic heterocycles. The van der Waals surface area contributed by atoms with Crippen LogP contribution in [0.3, 0.4) is 0 Å². The van der Waals surface area contributed by atoms with Crippen LogP contribution in [-0.2, 0) is 0 Å². The smallest absolute Gasteiger partial charge is 0.273 e. The molecule has 0 spiro atoms. The number of hydrogen-bond donors (Lipinski definition) is 0. The summed E-state index contributed by atoms with van der Waals surface area (Å²) in [5, 5.41) is 11.0. The molecule has 1 heterocycles. The third-order valence-electron chi connectivity index (χ3n) is 3.27. The van der Waals surface area contributed by atoms with Gasteiger partial charge in [-0.2, -0.15) is 0 Å². The van der Waals surface area contributed by atoms with Gasteiger partial charge in [-0.05, 0) is 24.3 Å². The first-order valence-corrected chi connectivity index (χ1v) is 6.86. The van der Waals surface area contributed by atoms with Gasteiger partial charge < -0.3 is 9.32 Å². The molecule has 2 aromatic carbocycles. The molecule has 0 aliphatic rings. The predicted octanol–water partition coefficient (Wildman–Crippen LogP) is 4.12. The summed E-state index contributed by atoms with van der Waals surface area (Å²) in [6.07, 6.45) is 0. The van der Waals surface area contributed by atoms with E-state index < -0.39 is 4.92 Å². The van der Waals surface area contributed by atoms with E-state index in [0.29, 0.717) is 17.0 Å². The highest BCUT2D eigenvalue weighted by atomic mass is 35.5. The van der Waals surface area contributed by atoms with Gasteiger partial charge in [-0.15, -0.1) is 0 Å². The SMILES string of the molecule is CN(C)c1ccc(-c2nc3cc([N+](=O)[O-])cc(Cl)c3o2)cc1. The Bertz CT molecular complexity index is 856. The number of anilines is 1. The molecule has 0 N–H and O–H groups in total. The van der Waals surface area contributed by atoms with Crippen molar-refractivity contribution in [2.75, 3.05) is 19.0 Å². The highest BCUT2D eigenvalue weighted by Crippen LogP contribution is 2.33. The number of nitro groups is 1. The first kappa shape index (κ1) is 14.3. The lowest BCUT2D eigenvalue weighted by Crippen LogP contribution is -2.07. The van der Waals surface area contributed by atoms with Crippen LogP contribution < -0.4 is 4.90 Å². The molecule has 0 unspecified atom stereocenters. The van der Waals surface area contributed by atoms with Crippen LogP contribution in [0.4, 0.5) is 11.4 Å². The zero-order chi connectivity index (χ0) is 15.9. The molecule has 0 aliphatic heterocycles. The fourth-order valence-corrected chi connectivity index (χ4v) is 2.36. The van der Waals surface area contributed by atoms with Crippen LogP contribution in [0.25, 0.3) is 22.6 Å². The number of oxazole rings is 1. The van der Waals surface area contributed by atoms with Crippen LogP contribution in [0.2, 0.25) is 5.02 Å². The third-order valence-corrected chi connectivity index (χ3v) is 3.55. The minimum Gasteiger partial charge on any atom is -0.435 e. The maximum absolute atomic E-state index is 10.9. The summed E-state index contributed by atoms with van der Waals surface area (Å²) in [6, 6.07) is 10.2. The zero-order valence-electron chi connectivity index (χ0n) is 11.9. The molecule has 0 saturated carbocycles. The number of nitro benzene ring substituents is 1. The molecule has 0 atom stereocenters. The second kappa shape index (κ2) is 5.31. The first-order valence-electron chi connectivity index (χ1n) is 6.48. The molecule has 0 radical (unpaired) electrons. The van der Waals surface area contributed by atoms with Crippen molar-refractivity contribution in [3.8, 4) is 11.5 Å². The largest absolute Gasteiger partial charge is 0.435 e. The number of benzene rings is 2. The summed E-state index contributed by atoms with van der Waals surface area (Å²) in [5.74, 6) is 0.378. The van der Waals surface area contributed by atoms with Crippen molar-refractivity contribution in [2.45, 2.75) is 0 Å². The van der Waals surface area contributed by atoms with Gasteiger partial charge in [-0.25, -0.2) is 4.98 Å². The van der Waals surface area contributed by atoms with Gasteiger partial charge in [0, 0.05) is 37.5 Å². The highest BCUT2D eigenvalue weighted by molar-refractivity contribution is 6.35. The van der Waals surface area contributed by atoms with E-state index in [1.807, 2.05) is 43.3 Å². The summed E-state index contributed by atoms with van der Waals surface area (Å²) in [5.41, 5.74) is 2.43. The molecule has 0 bridgehead atoms. The standard InChI is InChI=1S/C15H12ClN3O3/c1-18(2)10-5-3-9(4-6-10)15-17-13-8-11(19(20)21)7-12(16)14(13)22-15/h3-8H,1-2H3. The Morgan fingerprint density at radius 2 is 1.91 bits per heavy atom. The van der Waals surface area contributed by atoms with E-state index in [2.05, 4.69) is 4.98 Å². The van der Waals surface area contributed by atoms with E-state index in [9.17, 15) is 10.1 Å². The number of fused-ring (bicyclic) bond motifs is 1. The van der Waals surface area contributed by atoms with Gasteiger partial charge in [0.15, 0.2) is 5.58 Å².